The highest BCUT2D eigenvalue weighted by Gasteiger charge is 2.38. The minimum absolute atomic E-state index is 0.152. The molecule has 1 heterocycles. The maximum Gasteiger partial charge on any atom is 0.143 e. The fraction of sp³-hybridized carbons (Fsp3) is 0.0492. The van der Waals surface area contributed by atoms with Crippen LogP contribution in [0, 0.1) is 0 Å². The molecular formula is C61H60B17NO. The monoisotopic (exact) mass is 1010 g/mol. The van der Waals surface area contributed by atoms with Crippen LogP contribution >= 0.6 is 0 Å². The molecule has 11 aromatic rings. The van der Waals surface area contributed by atoms with Crippen LogP contribution in [-0.4, -0.2) is 133 Å². The third-order valence-corrected chi connectivity index (χ3v) is 20.4. The number of fused-ring (bicyclic) bond motifs is 8. The van der Waals surface area contributed by atoms with Crippen molar-refractivity contribution in [1.29, 1.82) is 0 Å². The molecule has 0 spiro atoms. The van der Waals surface area contributed by atoms with Crippen LogP contribution in [0.25, 0.3) is 88.3 Å². The third kappa shape index (κ3) is 7.64. The third-order valence-electron chi connectivity index (χ3n) is 20.4. The molecule has 0 saturated carbocycles. The summed E-state index contributed by atoms with van der Waals surface area (Å²) in [5.41, 5.74) is 44.2. The van der Waals surface area contributed by atoms with Crippen molar-refractivity contribution in [2.24, 2.45) is 0 Å². The SMILES string of the molecule is Bc1c(B)c(B)c(-c2c(B)c(B)c(-c3c(B)c(B)c(N(c4cccc(-c5cccc6oc7c8ccccc8ccc7c56)c4)c4c(B)c(B)c(-c5cccc6c5C(C)(C)c5ccccc5-6)c(B)c4B)c(B)c3B)c(B)c2B)c(B)c1B. The molecule has 12 rings (SSSR count). The van der Waals surface area contributed by atoms with Crippen LogP contribution in [0.3, 0.4) is 0 Å². The van der Waals surface area contributed by atoms with Crippen LogP contribution in [0.5, 0.6) is 0 Å². The van der Waals surface area contributed by atoms with Crippen molar-refractivity contribution in [3.8, 4) is 55.6 Å². The van der Waals surface area contributed by atoms with E-state index in [1.807, 2.05) is 0 Å². The minimum atomic E-state index is -0.152. The van der Waals surface area contributed by atoms with Crippen LogP contribution in [0.4, 0.5) is 17.1 Å². The Morgan fingerprint density at radius 1 is 0.350 bits per heavy atom. The summed E-state index contributed by atoms with van der Waals surface area (Å²) in [5, 5.41) is 4.59. The lowest BCUT2D eigenvalue weighted by atomic mass is 9.55. The molecule has 80 heavy (non-hydrogen) atoms. The largest absolute Gasteiger partial charge is 0.455 e. The quantitative estimate of drug-likeness (QED) is 0.148. The van der Waals surface area contributed by atoms with Crippen molar-refractivity contribution < 1.29 is 4.42 Å². The van der Waals surface area contributed by atoms with E-state index in [0.29, 0.717) is 0 Å². The summed E-state index contributed by atoms with van der Waals surface area (Å²) < 4.78 is 6.79. The van der Waals surface area contributed by atoms with Gasteiger partial charge in [-0.15, -0.1) is 16.4 Å². The first kappa shape index (κ1) is 53.8. The summed E-state index contributed by atoms with van der Waals surface area (Å²) >= 11 is 0. The molecule has 0 radical (unpaired) electrons. The van der Waals surface area contributed by atoms with Crippen molar-refractivity contribution in [3.05, 3.63) is 132 Å². The molecule has 1 aromatic heterocycles. The Bertz CT molecular complexity index is 4450. The zero-order chi connectivity index (χ0) is 56.9. The second-order valence-corrected chi connectivity index (χ2v) is 24.4. The average molecular weight is 1010 g/mol. The van der Waals surface area contributed by atoms with E-state index >= 15 is 0 Å². The Morgan fingerprint density at radius 2 is 0.787 bits per heavy atom. The van der Waals surface area contributed by atoms with E-state index in [9.17, 15) is 0 Å². The molecule has 0 saturated heterocycles. The van der Waals surface area contributed by atoms with Gasteiger partial charge in [0.2, 0.25) is 0 Å². The molecule has 0 unspecified atom stereocenters. The van der Waals surface area contributed by atoms with Crippen molar-refractivity contribution >= 4 is 276 Å². The van der Waals surface area contributed by atoms with Gasteiger partial charge in [-0.25, -0.2) is 0 Å². The van der Waals surface area contributed by atoms with Crippen LogP contribution in [0.1, 0.15) is 25.0 Å². The smallest absolute Gasteiger partial charge is 0.143 e. The van der Waals surface area contributed by atoms with Crippen LogP contribution < -0.4 is 97.8 Å². The van der Waals surface area contributed by atoms with Crippen LogP contribution in [0.15, 0.2) is 126 Å². The van der Waals surface area contributed by atoms with Gasteiger partial charge >= 0.3 is 0 Å². The summed E-state index contributed by atoms with van der Waals surface area (Å²) in [7, 11) is 40.1. The highest BCUT2D eigenvalue weighted by atomic mass is 16.3. The number of benzene rings is 10. The van der Waals surface area contributed by atoms with Gasteiger partial charge in [0.1, 0.15) is 145 Å². The van der Waals surface area contributed by atoms with E-state index in [0.717, 1.165) is 44.1 Å². The molecule has 0 N–H and O–H groups in total. The number of hydrogen-bond donors (Lipinski definition) is 0. The molecule has 0 bridgehead atoms. The number of furan rings is 1. The first-order valence-electron chi connectivity index (χ1n) is 29.0. The Hall–Kier alpha value is -6.84. The molecule has 366 valence electrons. The van der Waals surface area contributed by atoms with Crippen molar-refractivity contribution in [2.75, 3.05) is 4.90 Å². The molecule has 1 aliphatic carbocycles. The second-order valence-electron chi connectivity index (χ2n) is 24.4. The zero-order valence-electron chi connectivity index (χ0n) is 50.9. The summed E-state index contributed by atoms with van der Waals surface area (Å²) in [6, 6.07) is 44.9. The zero-order valence-corrected chi connectivity index (χ0v) is 50.9. The number of anilines is 3. The van der Waals surface area contributed by atoms with E-state index in [2.05, 4.69) is 273 Å². The standard InChI is InChI=1S/C61H60B17NO/c1-61(2)32-18-6-5-14-28(32)29-16-8-17-30(40(29)61)35-41(62)54(75)58(55(76)42(35)63)79(25-12-7-11-24(22-25)26-15-9-19-33-34(26)31-21-20-23-10-3-4-13-27(23)60(31)80-33)59-56(77)49(70)39(50(71)57(59)78)37-45(66)43(64)36(44(65)46(37)67)38-47(68)51(72)53(74)52(73)48(38)69/h3-22H,62-78H2,1-2H3. The highest BCUT2D eigenvalue weighted by molar-refractivity contribution is 6.72. The Morgan fingerprint density at radius 3 is 1.38 bits per heavy atom. The summed E-state index contributed by atoms with van der Waals surface area (Å²) in [4.78, 5) is 2.65. The Labute approximate surface area is 489 Å². The van der Waals surface area contributed by atoms with Gasteiger partial charge < -0.3 is 9.32 Å². The lowest BCUT2D eigenvalue weighted by molar-refractivity contribution is 0.662. The minimum Gasteiger partial charge on any atom is -0.455 e. The summed E-state index contributed by atoms with van der Waals surface area (Å²) in [6.07, 6.45) is 0. The first-order chi connectivity index (χ1) is 38.1. The molecule has 0 atom stereocenters. The number of rotatable bonds is 7. The van der Waals surface area contributed by atoms with Gasteiger partial charge in [0.15, 0.2) is 0 Å². The number of nitrogens with zero attached hydrogens (tertiary/aromatic N) is 1. The molecular weight excluding hydrogens is 946 g/mol. The Balaban J connectivity index is 1.11. The van der Waals surface area contributed by atoms with Gasteiger partial charge in [-0.2, -0.15) is 0 Å². The first-order valence-corrected chi connectivity index (χ1v) is 29.0. The number of hydrogen-bond acceptors (Lipinski definition) is 2. The van der Waals surface area contributed by atoms with Crippen LogP contribution in [0.2, 0.25) is 0 Å². The van der Waals surface area contributed by atoms with E-state index in [1.54, 1.807) is 0 Å². The fourth-order valence-corrected chi connectivity index (χ4v) is 15.0. The molecule has 0 aliphatic heterocycles. The maximum absolute atomic E-state index is 6.79. The Kier molecular flexibility index (Phi) is 13.1. The average Bonchev–Trinajstić information content (AvgIpc) is 3.96. The van der Waals surface area contributed by atoms with Gasteiger partial charge in [-0.1, -0.05) is 187 Å². The van der Waals surface area contributed by atoms with Gasteiger partial charge in [0.05, 0.1) is 0 Å². The maximum atomic E-state index is 6.79. The molecule has 1 aliphatic rings. The van der Waals surface area contributed by atoms with Gasteiger partial charge in [-0.05, 0) is 96.4 Å². The molecule has 19 heteroatoms. The lowest BCUT2D eigenvalue weighted by Crippen LogP contribution is -2.57. The topological polar surface area (TPSA) is 16.4 Å². The molecule has 0 amide bonds. The fourth-order valence-electron chi connectivity index (χ4n) is 15.0. The van der Waals surface area contributed by atoms with Crippen molar-refractivity contribution in [3.63, 3.8) is 0 Å². The van der Waals surface area contributed by atoms with E-state index < -0.39 is 0 Å². The summed E-state index contributed by atoms with van der Waals surface area (Å²) in [6.45, 7) is 4.83. The van der Waals surface area contributed by atoms with E-state index in [-0.39, 0.29) is 5.41 Å². The normalized spacial score (nSPS) is 12.6. The summed E-state index contributed by atoms with van der Waals surface area (Å²) in [5.74, 6) is 0. The predicted molar refractivity (Wildman–Crippen MR) is 404 cm³/mol. The van der Waals surface area contributed by atoms with Crippen molar-refractivity contribution in [1.82, 2.24) is 0 Å². The van der Waals surface area contributed by atoms with E-state index in [4.69, 9.17) is 4.42 Å². The molecule has 2 nitrogen and oxygen atoms in total. The van der Waals surface area contributed by atoms with Crippen molar-refractivity contribution in [2.45, 2.75) is 19.3 Å². The molecule has 10 aromatic carbocycles. The highest BCUT2D eigenvalue weighted by Crippen LogP contribution is 2.52. The second kappa shape index (κ2) is 19.4. The van der Waals surface area contributed by atoms with Gasteiger partial charge in [0.25, 0.3) is 0 Å². The van der Waals surface area contributed by atoms with Gasteiger partial charge in [0, 0.05) is 38.6 Å². The lowest BCUT2D eigenvalue weighted by Gasteiger charge is -2.37. The predicted octanol–water partition coefficient (Wildman–Crippen LogP) is -12.4. The van der Waals surface area contributed by atoms with Gasteiger partial charge in [-0.3, -0.25) is 0 Å². The van der Waals surface area contributed by atoms with E-state index in [1.165, 1.54) is 165 Å². The van der Waals surface area contributed by atoms with Crippen LogP contribution in [-0.2, 0) is 5.41 Å². The molecule has 0 fully saturated rings.